The van der Waals surface area contributed by atoms with Crippen molar-refractivity contribution in [3.05, 3.63) is 47.8 Å². The molecule has 1 N–H and O–H groups in total. The molecule has 5 nitrogen and oxygen atoms in total. The van der Waals surface area contributed by atoms with Crippen molar-refractivity contribution in [3.63, 3.8) is 0 Å². The number of carbonyl (C=O) groups is 1. The number of benzene rings is 1. The lowest BCUT2D eigenvalue weighted by Gasteiger charge is -2.27. The van der Waals surface area contributed by atoms with Crippen LogP contribution in [0.4, 0.5) is 0 Å². The van der Waals surface area contributed by atoms with Crippen molar-refractivity contribution >= 4 is 5.91 Å². The number of amides is 1. The number of nitrogens with zero attached hydrogens (tertiary/aromatic N) is 3. The van der Waals surface area contributed by atoms with Gasteiger partial charge in [0, 0.05) is 24.8 Å². The normalized spacial score (nSPS) is 23.8. The van der Waals surface area contributed by atoms with Gasteiger partial charge in [-0.2, -0.15) is 5.10 Å². The maximum Gasteiger partial charge on any atom is 0.257 e. The lowest BCUT2D eigenvalue weighted by Crippen LogP contribution is -2.42. The molecule has 2 aromatic rings. The third-order valence-corrected chi connectivity index (χ3v) is 5.04. The summed E-state index contributed by atoms with van der Waals surface area (Å²) in [5.41, 5.74) is 2.51. The summed E-state index contributed by atoms with van der Waals surface area (Å²) in [5.74, 6) is 0.140. The van der Waals surface area contributed by atoms with E-state index in [-0.39, 0.29) is 5.91 Å². The molecule has 0 radical (unpaired) electrons. The number of aryl methyl sites for hydroxylation is 1. The van der Waals surface area contributed by atoms with E-state index in [1.807, 2.05) is 43.5 Å². The molecule has 120 valence electrons. The van der Waals surface area contributed by atoms with Gasteiger partial charge in [-0.1, -0.05) is 18.2 Å². The Bertz CT molecular complexity index is 695. The Morgan fingerprint density at radius 3 is 2.78 bits per heavy atom. The predicted molar refractivity (Wildman–Crippen MR) is 88.8 cm³/mol. The molecular weight excluding hydrogens is 288 g/mol. The average molecular weight is 310 g/mol. The summed E-state index contributed by atoms with van der Waals surface area (Å²) in [7, 11) is 0. The van der Waals surface area contributed by atoms with Crippen molar-refractivity contribution in [2.75, 3.05) is 13.1 Å². The fraction of sp³-hybridized carbons (Fsp3) is 0.444. The zero-order valence-corrected chi connectivity index (χ0v) is 13.4. The molecule has 0 aliphatic carbocycles. The summed E-state index contributed by atoms with van der Waals surface area (Å²) in [6.45, 7) is 3.84. The summed E-state index contributed by atoms with van der Waals surface area (Å²) in [6.07, 6.45) is 5.16. The zero-order chi connectivity index (χ0) is 15.8. The van der Waals surface area contributed by atoms with E-state index in [9.17, 15) is 4.79 Å². The highest BCUT2D eigenvalue weighted by molar-refractivity contribution is 5.95. The Hall–Kier alpha value is -2.14. The van der Waals surface area contributed by atoms with Crippen LogP contribution in [0.25, 0.3) is 5.69 Å². The molecule has 1 aromatic heterocycles. The molecule has 5 heteroatoms. The van der Waals surface area contributed by atoms with E-state index in [4.69, 9.17) is 0 Å². The van der Waals surface area contributed by atoms with Crippen molar-refractivity contribution in [3.8, 4) is 5.69 Å². The monoisotopic (exact) mass is 310 g/mol. The van der Waals surface area contributed by atoms with Gasteiger partial charge in [0.15, 0.2) is 0 Å². The van der Waals surface area contributed by atoms with Gasteiger partial charge < -0.3 is 10.2 Å². The molecule has 0 spiro atoms. The van der Waals surface area contributed by atoms with E-state index in [2.05, 4.69) is 15.3 Å². The molecule has 2 aliphatic heterocycles. The third kappa shape index (κ3) is 2.55. The Morgan fingerprint density at radius 1 is 1.17 bits per heavy atom. The second-order valence-electron chi connectivity index (χ2n) is 6.50. The SMILES string of the molecule is Cc1nn(-c2ccccc2)cc1C(=O)N1C2CCNCC1CC2. The van der Waals surface area contributed by atoms with Crippen LogP contribution in [0.3, 0.4) is 0 Å². The summed E-state index contributed by atoms with van der Waals surface area (Å²) < 4.78 is 1.81. The minimum atomic E-state index is 0.140. The highest BCUT2D eigenvalue weighted by Crippen LogP contribution is 2.30. The first-order chi connectivity index (χ1) is 11.2. The van der Waals surface area contributed by atoms with Crippen molar-refractivity contribution in [1.82, 2.24) is 20.0 Å². The fourth-order valence-corrected chi connectivity index (χ4v) is 3.84. The maximum absolute atomic E-state index is 13.1. The molecule has 4 rings (SSSR count). The summed E-state index contributed by atoms with van der Waals surface area (Å²) in [4.78, 5) is 15.2. The standard InChI is InChI=1S/C18H22N4O/c1-13-17(12-21(20-13)14-5-3-2-4-6-14)18(23)22-15-7-8-16(22)11-19-10-9-15/h2-6,12,15-16,19H,7-11H2,1H3. The molecular formula is C18H22N4O. The number of hydrogen-bond donors (Lipinski definition) is 1. The van der Waals surface area contributed by atoms with Gasteiger partial charge in [0.25, 0.3) is 5.91 Å². The molecule has 2 unspecified atom stereocenters. The molecule has 1 amide bonds. The van der Waals surface area contributed by atoms with Crippen LogP contribution in [0.1, 0.15) is 35.3 Å². The molecule has 0 saturated carbocycles. The van der Waals surface area contributed by atoms with Crippen molar-refractivity contribution < 1.29 is 4.79 Å². The van der Waals surface area contributed by atoms with Crippen molar-refractivity contribution in [2.45, 2.75) is 38.3 Å². The molecule has 2 fully saturated rings. The number of nitrogens with one attached hydrogen (secondary N) is 1. The van der Waals surface area contributed by atoms with E-state index in [0.717, 1.165) is 49.3 Å². The molecule has 2 aliphatic rings. The van der Waals surface area contributed by atoms with E-state index < -0.39 is 0 Å². The zero-order valence-electron chi connectivity index (χ0n) is 13.4. The van der Waals surface area contributed by atoms with Gasteiger partial charge in [-0.05, 0) is 44.9 Å². The van der Waals surface area contributed by atoms with Crippen LogP contribution in [-0.2, 0) is 0 Å². The number of aromatic nitrogens is 2. The predicted octanol–water partition coefficient (Wildman–Crippen LogP) is 2.15. The Balaban J connectivity index is 1.65. The van der Waals surface area contributed by atoms with Crippen LogP contribution in [0.5, 0.6) is 0 Å². The summed E-state index contributed by atoms with van der Waals surface area (Å²) in [6, 6.07) is 10.6. The lowest BCUT2D eigenvalue weighted by atomic mass is 10.1. The number of hydrogen-bond acceptors (Lipinski definition) is 3. The molecule has 2 atom stereocenters. The van der Waals surface area contributed by atoms with E-state index >= 15 is 0 Å². The number of rotatable bonds is 2. The quantitative estimate of drug-likeness (QED) is 0.924. The van der Waals surface area contributed by atoms with Gasteiger partial charge in [-0.3, -0.25) is 4.79 Å². The van der Waals surface area contributed by atoms with E-state index in [1.54, 1.807) is 4.68 Å². The minimum Gasteiger partial charge on any atom is -0.331 e. The van der Waals surface area contributed by atoms with E-state index in [0.29, 0.717) is 12.1 Å². The molecule has 2 saturated heterocycles. The number of fused-ring (bicyclic) bond motifs is 2. The largest absolute Gasteiger partial charge is 0.331 e. The second-order valence-corrected chi connectivity index (χ2v) is 6.50. The highest BCUT2D eigenvalue weighted by Gasteiger charge is 2.39. The highest BCUT2D eigenvalue weighted by atomic mass is 16.2. The molecule has 1 aromatic carbocycles. The van der Waals surface area contributed by atoms with Gasteiger partial charge >= 0.3 is 0 Å². The smallest absolute Gasteiger partial charge is 0.257 e. The Morgan fingerprint density at radius 2 is 1.96 bits per heavy atom. The number of para-hydroxylation sites is 1. The summed E-state index contributed by atoms with van der Waals surface area (Å²) >= 11 is 0. The first-order valence-corrected chi connectivity index (χ1v) is 8.39. The van der Waals surface area contributed by atoms with Gasteiger partial charge in [-0.25, -0.2) is 4.68 Å². The lowest BCUT2D eigenvalue weighted by molar-refractivity contribution is 0.0679. The van der Waals surface area contributed by atoms with Crippen LogP contribution in [0.15, 0.2) is 36.5 Å². The molecule has 3 heterocycles. The topological polar surface area (TPSA) is 50.2 Å². The van der Waals surface area contributed by atoms with Crippen LogP contribution in [-0.4, -0.2) is 45.8 Å². The Kier molecular flexibility index (Phi) is 3.65. The summed E-state index contributed by atoms with van der Waals surface area (Å²) in [5, 5.41) is 7.99. The van der Waals surface area contributed by atoms with Crippen LogP contribution in [0, 0.1) is 6.92 Å². The van der Waals surface area contributed by atoms with Crippen molar-refractivity contribution in [1.29, 1.82) is 0 Å². The maximum atomic E-state index is 13.1. The van der Waals surface area contributed by atoms with Gasteiger partial charge in [0.05, 0.1) is 16.9 Å². The third-order valence-electron chi connectivity index (χ3n) is 5.04. The van der Waals surface area contributed by atoms with Gasteiger partial charge in [0.2, 0.25) is 0 Å². The average Bonchev–Trinajstić information content (AvgIpc) is 3.06. The van der Waals surface area contributed by atoms with Crippen LogP contribution < -0.4 is 5.32 Å². The number of carbonyl (C=O) groups excluding carboxylic acids is 1. The van der Waals surface area contributed by atoms with Gasteiger partial charge in [0.1, 0.15) is 0 Å². The minimum absolute atomic E-state index is 0.140. The van der Waals surface area contributed by atoms with Crippen LogP contribution >= 0.6 is 0 Å². The van der Waals surface area contributed by atoms with Crippen molar-refractivity contribution in [2.24, 2.45) is 0 Å². The molecule has 2 bridgehead atoms. The second kappa shape index (κ2) is 5.81. The Labute approximate surface area is 136 Å². The van der Waals surface area contributed by atoms with E-state index in [1.165, 1.54) is 0 Å². The molecule has 23 heavy (non-hydrogen) atoms. The first-order valence-electron chi connectivity index (χ1n) is 8.39. The van der Waals surface area contributed by atoms with Gasteiger partial charge in [-0.15, -0.1) is 0 Å². The van der Waals surface area contributed by atoms with Crippen LogP contribution in [0.2, 0.25) is 0 Å². The first kappa shape index (κ1) is 14.5. The fourth-order valence-electron chi connectivity index (χ4n) is 3.84.